The number of amides is 1. The molecule has 0 saturated heterocycles. The van der Waals surface area contributed by atoms with Crippen molar-refractivity contribution >= 4 is 22.5 Å². The lowest BCUT2D eigenvalue weighted by atomic mass is 10.2. The van der Waals surface area contributed by atoms with E-state index in [0.717, 1.165) is 12.1 Å². The number of carbonyl (C=O) groups excluding carboxylic acids is 1. The molecule has 0 aliphatic carbocycles. The lowest BCUT2D eigenvalue weighted by molar-refractivity contribution is -0.117. The summed E-state index contributed by atoms with van der Waals surface area (Å²) in [5, 5.41) is 2.55. The van der Waals surface area contributed by atoms with E-state index in [1.807, 2.05) is 6.92 Å². The van der Waals surface area contributed by atoms with Crippen molar-refractivity contribution in [1.29, 1.82) is 0 Å². The summed E-state index contributed by atoms with van der Waals surface area (Å²) in [6, 6.07) is 4.78. The minimum atomic E-state index is -1.66. The molecule has 8 nitrogen and oxygen atoms in total. The largest absolute Gasteiger partial charge is 0.493 e. The Morgan fingerprint density at radius 1 is 1.12 bits per heavy atom. The molecule has 1 amide bonds. The molecule has 0 fully saturated rings. The lowest BCUT2D eigenvalue weighted by Crippen LogP contribution is -2.34. The van der Waals surface area contributed by atoms with Crippen LogP contribution < -0.4 is 20.3 Å². The lowest BCUT2D eigenvalue weighted by Gasteiger charge is -2.21. The van der Waals surface area contributed by atoms with Crippen molar-refractivity contribution in [1.82, 2.24) is 14.9 Å². The summed E-state index contributed by atoms with van der Waals surface area (Å²) in [5.41, 5.74) is -0.467. The number of nitrogens with zero attached hydrogens (tertiary/aromatic N) is 2. The van der Waals surface area contributed by atoms with Crippen molar-refractivity contribution in [3.05, 3.63) is 57.9 Å². The van der Waals surface area contributed by atoms with Crippen LogP contribution in [0.1, 0.15) is 19.2 Å². The summed E-state index contributed by atoms with van der Waals surface area (Å²) in [6.45, 7) is 2.27. The maximum Gasteiger partial charge on any atom is 0.258 e. The van der Waals surface area contributed by atoms with Crippen LogP contribution in [0.2, 0.25) is 0 Å². The van der Waals surface area contributed by atoms with Crippen molar-refractivity contribution in [2.24, 2.45) is 0 Å². The Hall–Kier alpha value is -3.60. The van der Waals surface area contributed by atoms with Gasteiger partial charge in [-0.1, -0.05) is 6.92 Å². The number of halogens is 3. The van der Waals surface area contributed by atoms with Crippen molar-refractivity contribution < 1.29 is 27.4 Å². The molecule has 33 heavy (non-hydrogen) atoms. The van der Waals surface area contributed by atoms with E-state index in [0.29, 0.717) is 41.2 Å². The van der Waals surface area contributed by atoms with Gasteiger partial charge in [0, 0.05) is 6.07 Å². The molecule has 0 unspecified atom stereocenters. The summed E-state index contributed by atoms with van der Waals surface area (Å²) < 4.78 is 50.8. The van der Waals surface area contributed by atoms with E-state index in [2.05, 4.69) is 15.3 Å². The fourth-order valence-electron chi connectivity index (χ4n) is 3.35. The Kier molecular flexibility index (Phi) is 7.54. The van der Waals surface area contributed by atoms with E-state index in [1.165, 1.54) is 20.3 Å². The van der Waals surface area contributed by atoms with E-state index in [-0.39, 0.29) is 18.6 Å². The van der Waals surface area contributed by atoms with Crippen LogP contribution >= 0.6 is 0 Å². The average molecular weight is 464 g/mol. The van der Waals surface area contributed by atoms with Crippen molar-refractivity contribution in [3.8, 4) is 11.5 Å². The molecule has 3 rings (SSSR count). The van der Waals surface area contributed by atoms with Crippen molar-refractivity contribution in [3.63, 3.8) is 0 Å². The van der Waals surface area contributed by atoms with Crippen LogP contribution in [-0.2, 0) is 11.3 Å². The molecule has 2 aromatic carbocycles. The normalized spacial score (nSPS) is 11.1. The molecule has 0 radical (unpaired) electrons. The number of aromatic nitrogens is 2. The number of hydrogen-bond acceptors (Lipinski definition) is 6. The molecule has 1 heterocycles. The number of aromatic amines is 1. The van der Waals surface area contributed by atoms with Crippen LogP contribution in [0.25, 0.3) is 10.9 Å². The average Bonchev–Trinajstić information content (AvgIpc) is 2.78. The zero-order chi connectivity index (χ0) is 24.1. The third kappa shape index (κ3) is 5.43. The molecule has 11 heteroatoms. The van der Waals surface area contributed by atoms with Crippen LogP contribution in [0.5, 0.6) is 11.5 Å². The first-order chi connectivity index (χ1) is 15.8. The van der Waals surface area contributed by atoms with Gasteiger partial charge in [0.25, 0.3) is 5.56 Å². The minimum Gasteiger partial charge on any atom is -0.493 e. The molecule has 2 N–H and O–H groups in total. The second-order valence-corrected chi connectivity index (χ2v) is 7.22. The molecule has 0 aliphatic rings. The zero-order valence-corrected chi connectivity index (χ0v) is 18.3. The molecule has 3 aromatic rings. The monoisotopic (exact) mass is 464 g/mol. The Labute approximate surface area is 187 Å². The highest BCUT2D eigenvalue weighted by Gasteiger charge is 2.18. The SMILES string of the molecule is CCCN(CC(=O)Nc1ccc(F)c(F)c1F)Cc1nc2cc(OC)c(OC)cc2c(=O)[nH]1. The van der Waals surface area contributed by atoms with Gasteiger partial charge in [-0.25, -0.2) is 18.2 Å². The van der Waals surface area contributed by atoms with Crippen LogP contribution in [0.3, 0.4) is 0 Å². The van der Waals surface area contributed by atoms with Crippen LogP contribution in [0.15, 0.2) is 29.1 Å². The topological polar surface area (TPSA) is 96.6 Å². The smallest absolute Gasteiger partial charge is 0.258 e. The van der Waals surface area contributed by atoms with Crippen molar-refractivity contribution in [2.75, 3.05) is 32.6 Å². The van der Waals surface area contributed by atoms with E-state index >= 15 is 0 Å². The number of benzene rings is 2. The Morgan fingerprint density at radius 3 is 2.48 bits per heavy atom. The summed E-state index contributed by atoms with van der Waals surface area (Å²) in [6.07, 6.45) is 0.676. The first kappa shape index (κ1) is 24.1. The highest BCUT2D eigenvalue weighted by molar-refractivity contribution is 5.92. The first-order valence-electron chi connectivity index (χ1n) is 10.1. The van der Waals surface area contributed by atoms with Crippen LogP contribution in [-0.4, -0.2) is 48.1 Å². The van der Waals surface area contributed by atoms with E-state index in [1.54, 1.807) is 11.0 Å². The van der Waals surface area contributed by atoms with Gasteiger partial charge in [-0.3, -0.25) is 14.5 Å². The fraction of sp³-hybridized carbons (Fsp3) is 0.318. The van der Waals surface area contributed by atoms with Gasteiger partial charge in [0.2, 0.25) is 5.91 Å². The van der Waals surface area contributed by atoms with E-state index in [9.17, 15) is 22.8 Å². The van der Waals surface area contributed by atoms with Crippen LogP contribution in [0.4, 0.5) is 18.9 Å². The molecule has 0 aliphatic heterocycles. The van der Waals surface area contributed by atoms with E-state index < -0.39 is 29.0 Å². The standard InChI is InChI=1S/C22H23F3N4O4/c1-4-7-29(11-19(30)27-14-6-5-13(23)20(24)21(14)25)10-18-26-15-9-17(33-3)16(32-2)8-12(15)22(31)28-18/h5-6,8-9H,4,7,10-11H2,1-3H3,(H,27,30)(H,26,28,31). The van der Waals surface area contributed by atoms with Gasteiger partial charge in [0.1, 0.15) is 5.82 Å². The quantitative estimate of drug-likeness (QED) is 0.472. The Morgan fingerprint density at radius 2 is 1.82 bits per heavy atom. The highest BCUT2D eigenvalue weighted by atomic mass is 19.2. The molecular weight excluding hydrogens is 441 g/mol. The first-order valence-corrected chi connectivity index (χ1v) is 10.1. The molecular formula is C22H23F3N4O4. The maximum atomic E-state index is 13.9. The predicted molar refractivity (Wildman–Crippen MR) is 116 cm³/mol. The third-order valence-electron chi connectivity index (χ3n) is 4.85. The second-order valence-electron chi connectivity index (χ2n) is 7.22. The molecule has 0 saturated carbocycles. The van der Waals surface area contributed by atoms with E-state index in [4.69, 9.17) is 9.47 Å². The van der Waals surface area contributed by atoms with Gasteiger partial charge in [0.05, 0.1) is 43.9 Å². The molecule has 0 bridgehead atoms. The van der Waals surface area contributed by atoms with Gasteiger partial charge in [-0.05, 0) is 31.2 Å². The van der Waals surface area contributed by atoms with Gasteiger partial charge >= 0.3 is 0 Å². The predicted octanol–water partition coefficient (Wildman–Crippen LogP) is 3.21. The second kappa shape index (κ2) is 10.3. The number of rotatable bonds is 9. The third-order valence-corrected chi connectivity index (χ3v) is 4.85. The molecule has 0 spiro atoms. The number of hydrogen-bond donors (Lipinski definition) is 2. The number of methoxy groups -OCH3 is 2. The van der Waals surface area contributed by atoms with Gasteiger partial charge in [-0.15, -0.1) is 0 Å². The van der Waals surface area contributed by atoms with Gasteiger partial charge in [-0.2, -0.15) is 0 Å². The summed E-state index contributed by atoms with van der Waals surface area (Å²) in [4.78, 5) is 33.8. The highest BCUT2D eigenvalue weighted by Crippen LogP contribution is 2.30. The van der Waals surface area contributed by atoms with Gasteiger partial charge in [0.15, 0.2) is 29.0 Å². The zero-order valence-electron chi connectivity index (χ0n) is 18.3. The number of carbonyl (C=O) groups is 1. The molecule has 0 atom stereocenters. The number of nitrogens with one attached hydrogen (secondary N) is 2. The number of anilines is 1. The number of H-pyrrole nitrogens is 1. The van der Waals surface area contributed by atoms with Crippen LogP contribution in [0, 0.1) is 17.5 Å². The summed E-state index contributed by atoms with van der Waals surface area (Å²) in [7, 11) is 2.93. The maximum absolute atomic E-state index is 13.9. The fourth-order valence-corrected chi connectivity index (χ4v) is 3.35. The summed E-state index contributed by atoms with van der Waals surface area (Å²) in [5.74, 6) is -4.02. The Balaban J connectivity index is 1.81. The number of ether oxygens (including phenoxy) is 2. The molecule has 1 aromatic heterocycles. The van der Waals surface area contributed by atoms with Crippen molar-refractivity contribution in [2.45, 2.75) is 19.9 Å². The molecule has 176 valence electrons. The number of fused-ring (bicyclic) bond motifs is 1. The van der Waals surface area contributed by atoms with Gasteiger partial charge < -0.3 is 19.8 Å². The minimum absolute atomic E-state index is 0.112. The Bertz CT molecular complexity index is 1230. The summed E-state index contributed by atoms with van der Waals surface area (Å²) >= 11 is 0.